The molecule has 0 aliphatic heterocycles. The smallest absolute Gasteiger partial charge is 0.417 e. The van der Waals surface area contributed by atoms with Gasteiger partial charge in [0.15, 0.2) is 0 Å². The van der Waals surface area contributed by atoms with Crippen LogP contribution in [-0.2, 0) is 29.2 Å². The van der Waals surface area contributed by atoms with Gasteiger partial charge in [-0.25, -0.2) is 4.79 Å². The fourth-order valence-electron chi connectivity index (χ4n) is 5.13. The minimum absolute atomic E-state index is 0.0330. The van der Waals surface area contributed by atoms with Crippen LogP contribution in [0.1, 0.15) is 76.1 Å². The van der Waals surface area contributed by atoms with Crippen LogP contribution < -0.4 is 10.9 Å². The minimum atomic E-state index is -4.71. The topological polar surface area (TPSA) is 88.4 Å². The van der Waals surface area contributed by atoms with Crippen LogP contribution >= 0.6 is 0 Å². The molecule has 0 radical (unpaired) electrons. The normalized spacial score (nSPS) is 16.3. The molecule has 0 bridgehead atoms. The fraction of sp³-hybridized carbons (Fsp3) is 0.552. The number of hydrogen-bond acceptors (Lipinski definition) is 3. The summed E-state index contributed by atoms with van der Waals surface area (Å²) in [6.07, 6.45) is 0.0908. The van der Waals surface area contributed by atoms with Crippen LogP contribution in [0, 0.1) is 17.8 Å². The van der Waals surface area contributed by atoms with Crippen molar-refractivity contribution in [1.82, 2.24) is 9.88 Å². The van der Waals surface area contributed by atoms with Gasteiger partial charge in [0.25, 0.3) is 5.56 Å². The number of rotatable bonds is 8. The number of nitrogens with one attached hydrogen (secondary N) is 1. The summed E-state index contributed by atoms with van der Waals surface area (Å²) in [7, 11) is 1.41. The molecular weight excluding hydrogens is 497 g/mol. The Kier molecular flexibility index (Phi) is 8.48. The molecule has 3 rings (SSSR count). The molecule has 1 aromatic carbocycles. The maximum Gasteiger partial charge on any atom is 0.417 e. The zero-order valence-corrected chi connectivity index (χ0v) is 22.7. The zero-order valence-electron chi connectivity index (χ0n) is 22.7. The van der Waals surface area contributed by atoms with Gasteiger partial charge in [-0.15, -0.1) is 0 Å². The highest BCUT2D eigenvalue weighted by Gasteiger charge is 2.42. The van der Waals surface area contributed by atoms with Crippen LogP contribution in [0.4, 0.5) is 13.2 Å². The van der Waals surface area contributed by atoms with Gasteiger partial charge in [0.2, 0.25) is 5.91 Å². The molecule has 1 heterocycles. The number of alkyl halides is 3. The van der Waals surface area contributed by atoms with Gasteiger partial charge in [0.1, 0.15) is 6.04 Å². The van der Waals surface area contributed by atoms with Gasteiger partial charge in [-0.3, -0.25) is 9.59 Å². The highest BCUT2D eigenvalue weighted by molar-refractivity contribution is 5.88. The van der Waals surface area contributed by atoms with Crippen LogP contribution in [0.15, 0.2) is 35.1 Å². The Balaban J connectivity index is 1.84. The minimum Gasteiger partial charge on any atom is -0.480 e. The highest BCUT2D eigenvalue weighted by atomic mass is 19.4. The number of carbonyl (C=O) groups is 2. The molecule has 38 heavy (non-hydrogen) atoms. The van der Waals surface area contributed by atoms with E-state index < -0.39 is 40.3 Å². The van der Waals surface area contributed by atoms with Crippen LogP contribution in [0.2, 0.25) is 0 Å². The molecule has 0 spiro atoms. The largest absolute Gasteiger partial charge is 0.480 e. The molecule has 0 unspecified atom stereocenters. The third-order valence-electron chi connectivity index (χ3n) is 7.66. The molecule has 2 N–H and O–H groups in total. The van der Waals surface area contributed by atoms with Gasteiger partial charge < -0.3 is 15.0 Å². The first-order valence-electron chi connectivity index (χ1n) is 12.9. The first-order valence-corrected chi connectivity index (χ1v) is 12.9. The van der Waals surface area contributed by atoms with Crippen molar-refractivity contribution in [1.29, 1.82) is 0 Å². The Morgan fingerprint density at radius 3 is 2.18 bits per heavy atom. The van der Waals surface area contributed by atoms with E-state index in [0.717, 1.165) is 42.7 Å². The number of carboxylic acid groups (broad SMARTS) is 1. The predicted octanol–water partition coefficient (Wildman–Crippen LogP) is 5.88. The van der Waals surface area contributed by atoms with Crippen molar-refractivity contribution in [2.24, 2.45) is 17.9 Å². The van der Waals surface area contributed by atoms with Gasteiger partial charge in [0.05, 0.1) is 11.1 Å². The van der Waals surface area contributed by atoms with E-state index in [2.05, 4.69) is 26.1 Å². The standard InChI is InChI=1S/C29H37F3N2O4/c1-18-16-21(29(30,31)32)23(24(35)34(18)5)20-10-8-19(9-11-20)17-22(25(36)37)33-26(38)28(12-6-7-13-28)15-14-27(2,3)4/h8-11,16,22H,6-7,12-15,17H2,1-5H3,(H,33,38)(H,36,37)/t22-/m0/s1. The summed E-state index contributed by atoms with van der Waals surface area (Å²) in [6, 6.07) is 5.54. The molecule has 1 amide bonds. The van der Waals surface area contributed by atoms with E-state index in [9.17, 15) is 32.7 Å². The third-order valence-corrected chi connectivity index (χ3v) is 7.66. The third kappa shape index (κ3) is 6.66. The fourth-order valence-corrected chi connectivity index (χ4v) is 5.13. The molecule has 1 aliphatic carbocycles. The SMILES string of the molecule is Cc1cc(C(F)(F)F)c(-c2ccc(C[C@H](NC(=O)C3(CCC(C)(C)C)CCCC3)C(=O)O)cc2)c(=O)n1C. The first kappa shape index (κ1) is 29.5. The quantitative estimate of drug-likeness (QED) is 0.443. The summed E-state index contributed by atoms with van der Waals surface area (Å²) in [4.78, 5) is 38.1. The summed E-state index contributed by atoms with van der Waals surface area (Å²) in [5.74, 6) is -1.43. The summed E-state index contributed by atoms with van der Waals surface area (Å²) < 4.78 is 42.3. The predicted molar refractivity (Wildman–Crippen MR) is 140 cm³/mol. The van der Waals surface area contributed by atoms with Crippen LogP contribution in [0.5, 0.6) is 0 Å². The lowest BCUT2D eigenvalue weighted by Crippen LogP contribution is -2.49. The summed E-state index contributed by atoms with van der Waals surface area (Å²) in [6.45, 7) is 7.77. The number of aromatic nitrogens is 1. The van der Waals surface area contributed by atoms with Gasteiger partial charge >= 0.3 is 12.1 Å². The number of aryl methyl sites for hydroxylation is 1. The summed E-state index contributed by atoms with van der Waals surface area (Å²) in [5, 5.41) is 12.6. The number of carbonyl (C=O) groups excluding carboxylic acids is 1. The van der Waals surface area contributed by atoms with Gasteiger partial charge in [-0.2, -0.15) is 13.2 Å². The molecule has 9 heteroatoms. The zero-order chi connectivity index (χ0) is 28.5. The summed E-state index contributed by atoms with van der Waals surface area (Å²) >= 11 is 0. The number of amides is 1. The number of benzene rings is 1. The van der Waals surface area contributed by atoms with Crippen molar-refractivity contribution in [3.8, 4) is 11.1 Å². The molecule has 0 saturated heterocycles. The lowest BCUT2D eigenvalue weighted by Gasteiger charge is -2.32. The van der Waals surface area contributed by atoms with E-state index in [0.29, 0.717) is 12.0 Å². The molecule has 1 atom stereocenters. The van der Waals surface area contributed by atoms with E-state index in [1.54, 1.807) is 0 Å². The van der Waals surface area contributed by atoms with Gasteiger partial charge in [0, 0.05) is 24.6 Å². The van der Waals surface area contributed by atoms with E-state index in [4.69, 9.17) is 0 Å². The molecule has 1 fully saturated rings. The molecule has 1 aliphatic rings. The van der Waals surface area contributed by atoms with Gasteiger partial charge in [-0.05, 0) is 55.2 Å². The Labute approximate surface area is 221 Å². The second-order valence-electron chi connectivity index (χ2n) is 11.7. The molecular formula is C29H37F3N2O4. The number of halogens is 3. The van der Waals surface area contributed by atoms with Crippen molar-refractivity contribution >= 4 is 11.9 Å². The van der Waals surface area contributed by atoms with E-state index in [1.807, 2.05) is 0 Å². The maximum atomic E-state index is 13.7. The molecule has 208 valence electrons. The number of nitrogens with zero attached hydrogens (tertiary/aromatic N) is 1. The first-order chi connectivity index (χ1) is 17.5. The van der Waals surface area contributed by atoms with Crippen molar-refractivity contribution in [3.05, 3.63) is 57.5 Å². The van der Waals surface area contributed by atoms with Crippen LogP contribution in [-0.4, -0.2) is 27.6 Å². The highest BCUT2D eigenvalue weighted by Crippen LogP contribution is 2.44. The Bertz CT molecular complexity index is 1230. The number of carboxylic acids is 1. The van der Waals surface area contributed by atoms with Crippen molar-refractivity contribution in [3.63, 3.8) is 0 Å². The summed E-state index contributed by atoms with van der Waals surface area (Å²) in [5.41, 5.74) is -1.97. The molecule has 1 saturated carbocycles. The monoisotopic (exact) mass is 534 g/mol. The number of aliphatic carboxylic acids is 1. The van der Waals surface area contributed by atoms with Crippen molar-refractivity contribution < 1.29 is 27.9 Å². The average molecular weight is 535 g/mol. The lowest BCUT2D eigenvalue weighted by atomic mass is 9.75. The van der Waals surface area contributed by atoms with Crippen molar-refractivity contribution in [2.45, 2.75) is 84.9 Å². The number of hydrogen-bond donors (Lipinski definition) is 2. The molecule has 2 aromatic rings. The Morgan fingerprint density at radius 1 is 1.11 bits per heavy atom. The van der Waals surface area contributed by atoms with E-state index >= 15 is 0 Å². The van der Waals surface area contributed by atoms with Crippen LogP contribution in [0.3, 0.4) is 0 Å². The second-order valence-corrected chi connectivity index (χ2v) is 11.7. The maximum absolute atomic E-state index is 13.7. The average Bonchev–Trinajstić information content (AvgIpc) is 3.30. The van der Waals surface area contributed by atoms with E-state index in [1.165, 1.54) is 38.2 Å². The Morgan fingerprint density at radius 2 is 1.68 bits per heavy atom. The van der Waals surface area contributed by atoms with E-state index in [-0.39, 0.29) is 29.0 Å². The number of pyridine rings is 1. The second kappa shape index (κ2) is 10.9. The molecule has 1 aromatic heterocycles. The molecule has 6 nitrogen and oxygen atoms in total. The van der Waals surface area contributed by atoms with Crippen LogP contribution in [0.25, 0.3) is 11.1 Å². The Hall–Kier alpha value is -3.10. The van der Waals surface area contributed by atoms with Crippen molar-refractivity contribution in [2.75, 3.05) is 0 Å². The van der Waals surface area contributed by atoms with Gasteiger partial charge in [-0.1, -0.05) is 57.9 Å². The lowest BCUT2D eigenvalue weighted by molar-refractivity contribution is -0.144.